The standard InChI is InChI=1S/C24H28F3N3O2S/c1-15(2)22-20-13-18(4-5-21(20)29-23(22)19-6-9-28-16(3)12-19)17-7-10-30(11-8-17)33(31,32)14-24(25,26)27/h4-6,9,12-13,15,17,29H,7-8,10-11,14H2,1-3H3. The minimum absolute atomic E-state index is 0.104. The minimum atomic E-state index is -4.73. The number of fused-ring (bicyclic) bond motifs is 1. The van der Waals surface area contributed by atoms with E-state index in [0.29, 0.717) is 12.8 Å². The number of nitrogens with zero attached hydrogens (tertiary/aromatic N) is 2. The van der Waals surface area contributed by atoms with Gasteiger partial charge in [0.2, 0.25) is 10.0 Å². The van der Waals surface area contributed by atoms with Crippen LogP contribution in [0.25, 0.3) is 22.2 Å². The maximum atomic E-state index is 12.6. The van der Waals surface area contributed by atoms with E-state index >= 15 is 0 Å². The van der Waals surface area contributed by atoms with Crippen LogP contribution in [0, 0.1) is 6.92 Å². The zero-order valence-corrected chi connectivity index (χ0v) is 19.7. The molecule has 9 heteroatoms. The summed E-state index contributed by atoms with van der Waals surface area (Å²) in [5, 5.41) is 1.12. The molecule has 1 fully saturated rings. The number of alkyl halides is 3. The summed E-state index contributed by atoms with van der Waals surface area (Å²) in [7, 11) is -4.33. The third-order valence-electron chi connectivity index (χ3n) is 6.29. The van der Waals surface area contributed by atoms with Crippen LogP contribution in [0.2, 0.25) is 0 Å². The molecule has 1 aliphatic heterocycles. The van der Waals surface area contributed by atoms with Gasteiger partial charge in [0.1, 0.15) is 0 Å². The van der Waals surface area contributed by atoms with E-state index in [1.807, 2.05) is 25.1 Å². The van der Waals surface area contributed by atoms with Crippen LogP contribution >= 0.6 is 0 Å². The molecule has 3 aromatic rings. The summed E-state index contributed by atoms with van der Waals surface area (Å²) in [6.07, 6.45) is -1.93. The molecule has 3 heterocycles. The van der Waals surface area contributed by atoms with Gasteiger partial charge in [0, 0.05) is 41.4 Å². The summed E-state index contributed by atoms with van der Waals surface area (Å²) >= 11 is 0. The van der Waals surface area contributed by atoms with Crippen molar-refractivity contribution in [2.45, 2.75) is 51.6 Å². The molecule has 0 atom stereocenters. The molecule has 33 heavy (non-hydrogen) atoms. The van der Waals surface area contributed by atoms with Crippen molar-refractivity contribution in [3.8, 4) is 11.3 Å². The lowest BCUT2D eigenvalue weighted by Crippen LogP contribution is -2.42. The van der Waals surface area contributed by atoms with Crippen LogP contribution in [0.1, 0.15) is 55.3 Å². The molecule has 1 aliphatic rings. The second-order valence-electron chi connectivity index (χ2n) is 9.10. The van der Waals surface area contributed by atoms with Crippen molar-refractivity contribution < 1.29 is 21.6 Å². The highest BCUT2D eigenvalue weighted by atomic mass is 32.2. The van der Waals surface area contributed by atoms with Crippen molar-refractivity contribution in [1.82, 2.24) is 14.3 Å². The third kappa shape index (κ3) is 5.09. The maximum Gasteiger partial charge on any atom is 0.404 e. The smallest absolute Gasteiger partial charge is 0.354 e. The zero-order valence-electron chi connectivity index (χ0n) is 18.9. The fraction of sp³-hybridized carbons (Fsp3) is 0.458. The highest BCUT2D eigenvalue weighted by molar-refractivity contribution is 7.89. The number of halogens is 3. The number of aryl methyl sites for hydroxylation is 1. The van der Waals surface area contributed by atoms with Gasteiger partial charge in [-0.1, -0.05) is 19.9 Å². The predicted octanol–water partition coefficient (Wildman–Crippen LogP) is 5.73. The number of aromatic nitrogens is 2. The topological polar surface area (TPSA) is 66.1 Å². The van der Waals surface area contributed by atoms with Crippen molar-refractivity contribution in [1.29, 1.82) is 0 Å². The van der Waals surface area contributed by atoms with Crippen molar-refractivity contribution in [3.63, 3.8) is 0 Å². The number of H-pyrrole nitrogens is 1. The maximum absolute atomic E-state index is 12.6. The molecule has 0 unspecified atom stereocenters. The highest BCUT2D eigenvalue weighted by Gasteiger charge is 2.39. The quantitative estimate of drug-likeness (QED) is 0.508. The highest BCUT2D eigenvalue weighted by Crippen LogP contribution is 2.38. The number of hydrogen-bond donors (Lipinski definition) is 1. The number of piperidine rings is 1. The van der Waals surface area contributed by atoms with Crippen LogP contribution in [0.4, 0.5) is 13.2 Å². The lowest BCUT2D eigenvalue weighted by atomic mass is 9.88. The number of sulfonamides is 1. The molecule has 0 radical (unpaired) electrons. The van der Waals surface area contributed by atoms with E-state index in [-0.39, 0.29) is 24.9 Å². The van der Waals surface area contributed by atoms with Gasteiger partial charge >= 0.3 is 6.18 Å². The lowest BCUT2D eigenvalue weighted by molar-refractivity contribution is -0.107. The number of pyridine rings is 1. The Bertz CT molecular complexity index is 1260. The van der Waals surface area contributed by atoms with Crippen molar-refractivity contribution in [2.75, 3.05) is 18.8 Å². The summed E-state index contributed by atoms with van der Waals surface area (Å²) in [5.74, 6) is -1.42. The number of nitrogens with one attached hydrogen (secondary N) is 1. The van der Waals surface area contributed by atoms with E-state index in [4.69, 9.17) is 0 Å². The summed E-state index contributed by atoms with van der Waals surface area (Å²) in [6, 6.07) is 10.3. The normalized spacial score (nSPS) is 16.7. The molecular weight excluding hydrogens is 451 g/mol. The predicted molar refractivity (Wildman–Crippen MR) is 124 cm³/mol. The first-order valence-electron chi connectivity index (χ1n) is 11.1. The van der Waals surface area contributed by atoms with Crippen molar-refractivity contribution in [2.24, 2.45) is 0 Å². The fourth-order valence-corrected chi connectivity index (χ4v) is 6.14. The number of rotatable bonds is 5. The van der Waals surface area contributed by atoms with Gasteiger partial charge in [-0.15, -0.1) is 0 Å². The van der Waals surface area contributed by atoms with E-state index in [0.717, 1.165) is 37.7 Å². The number of benzene rings is 1. The molecule has 0 amide bonds. The third-order valence-corrected chi connectivity index (χ3v) is 8.13. The van der Waals surface area contributed by atoms with Crippen LogP contribution in [-0.4, -0.2) is 47.7 Å². The molecule has 1 saturated heterocycles. The molecule has 0 aliphatic carbocycles. The van der Waals surface area contributed by atoms with Crippen LogP contribution in [0.15, 0.2) is 36.5 Å². The van der Waals surface area contributed by atoms with Gasteiger partial charge in [-0.3, -0.25) is 4.98 Å². The molecule has 4 rings (SSSR count). The Balaban J connectivity index is 1.61. The molecule has 0 saturated carbocycles. The molecule has 1 N–H and O–H groups in total. The van der Waals surface area contributed by atoms with Crippen molar-refractivity contribution in [3.05, 3.63) is 53.3 Å². The van der Waals surface area contributed by atoms with Crippen LogP contribution in [-0.2, 0) is 10.0 Å². The minimum Gasteiger partial charge on any atom is -0.354 e. The first-order chi connectivity index (χ1) is 15.4. The second kappa shape index (κ2) is 8.76. The first-order valence-corrected chi connectivity index (χ1v) is 12.7. The van der Waals surface area contributed by atoms with Gasteiger partial charge in [-0.05, 0) is 67.0 Å². The van der Waals surface area contributed by atoms with E-state index in [9.17, 15) is 21.6 Å². The Morgan fingerprint density at radius 3 is 2.45 bits per heavy atom. The van der Waals surface area contributed by atoms with Gasteiger partial charge in [-0.25, -0.2) is 12.7 Å². The Labute approximate surface area is 192 Å². The number of hydrogen-bond acceptors (Lipinski definition) is 3. The van der Waals surface area contributed by atoms with Crippen LogP contribution in [0.5, 0.6) is 0 Å². The molecular formula is C24H28F3N3O2S. The Morgan fingerprint density at radius 1 is 1.15 bits per heavy atom. The van der Waals surface area contributed by atoms with Gasteiger partial charge in [-0.2, -0.15) is 13.2 Å². The van der Waals surface area contributed by atoms with Gasteiger partial charge < -0.3 is 4.98 Å². The van der Waals surface area contributed by atoms with Crippen molar-refractivity contribution >= 4 is 20.9 Å². The SMILES string of the molecule is Cc1cc(-c2[nH]c3ccc(C4CCN(S(=O)(=O)CC(F)(F)F)CC4)cc3c2C(C)C)ccn1. The summed E-state index contributed by atoms with van der Waals surface area (Å²) in [5.41, 5.74) is 6.41. The fourth-order valence-electron chi connectivity index (χ4n) is 4.78. The Morgan fingerprint density at radius 2 is 1.85 bits per heavy atom. The summed E-state index contributed by atoms with van der Waals surface area (Å²) in [4.78, 5) is 7.83. The second-order valence-corrected chi connectivity index (χ2v) is 11.1. The van der Waals surface area contributed by atoms with E-state index in [1.54, 1.807) is 6.20 Å². The van der Waals surface area contributed by atoms with Gasteiger partial charge in [0.25, 0.3) is 0 Å². The van der Waals surface area contributed by atoms with E-state index < -0.39 is 22.0 Å². The van der Waals surface area contributed by atoms with Gasteiger partial charge in [0.15, 0.2) is 5.75 Å². The molecule has 5 nitrogen and oxygen atoms in total. The molecule has 178 valence electrons. The van der Waals surface area contributed by atoms with E-state index in [1.165, 1.54) is 5.56 Å². The molecule has 0 spiro atoms. The summed E-state index contributed by atoms with van der Waals surface area (Å²) in [6.45, 7) is 6.47. The first kappa shape index (κ1) is 23.8. The monoisotopic (exact) mass is 479 g/mol. The lowest BCUT2D eigenvalue weighted by Gasteiger charge is -2.31. The largest absolute Gasteiger partial charge is 0.404 e. The number of aromatic amines is 1. The van der Waals surface area contributed by atoms with Crippen LogP contribution in [0.3, 0.4) is 0 Å². The Kier molecular flexibility index (Phi) is 6.30. The zero-order chi connectivity index (χ0) is 24.0. The van der Waals surface area contributed by atoms with Gasteiger partial charge in [0.05, 0.1) is 5.69 Å². The molecule has 1 aromatic carbocycles. The molecule has 2 aromatic heterocycles. The molecule has 0 bridgehead atoms. The van der Waals surface area contributed by atoms with Crippen LogP contribution < -0.4 is 0 Å². The average Bonchev–Trinajstić information content (AvgIpc) is 3.11. The Hall–Kier alpha value is -2.39. The summed E-state index contributed by atoms with van der Waals surface area (Å²) < 4.78 is 63.1. The average molecular weight is 480 g/mol. The van der Waals surface area contributed by atoms with E-state index in [2.05, 4.69) is 35.9 Å².